The van der Waals surface area contributed by atoms with Crippen LogP contribution in [-0.4, -0.2) is 25.7 Å². The summed E-state index contributed by atoms with van der Waals surface area (Å²) >= 11 is 0. The molecule has 0 saturated carbocycles. The van der Waals surface area contributed by atoms with Crippen molar-refractivity contribution in [2.24, 2.45) is 0 Å². The van der Waals surface area contributed by atoms with Gasteiger partial charge in [-0.3, -0.25) is 0 Å². The number of urea groups is 1. The molecule has 0 unspecified atom stereocenters. The van der Waals surface area contributed by atoms with E-state index in [2.05, 4.69) is 10.6 Å². The Morgan fingerprint density at radius 1 is 1.10 bits per heavy atom. The first-order chi connectivity index (χ1) is 9.84. The largest absolute Gasteiger partial charge is 0.492 e. The summed E-state index contributed by atoms with van der Waals surface area (Å²) in [4.78, 5) is 11.5. The van der Waals surface area contributed by atoms with Crippen LogP contribution in [0, 0.1) is 0 Å². The number of ether oxygens (including phenoxy) is 1. The molecule has 0 radical (unpaired) electrons. The first-order valence-electron chi connectivity index (χ1n) is 6.55. The first kappa shape index (κ1) is 14.0. The highest BCUT2D eigenvalue weighted by atomic mass is 16.5. The van der Waals surface area contributed by atoms with Gasteiger partial charge in [0.05, 0.1) is 19.1 Å². The summed E-state index contributed by atoms with van der Waals surface area (Å²) < 4.78 is 10.4. The number of carbonyl (C=O) groups is 1. The Morgan fingerprint density at radius 2 is 1.90 bits per heavy atom. The average Bonchev–Trinajstić information content (AvgIpc) is 2.98. The molecule has 0 saturated heterocycles. The number of rotatable bonds is 7. The van der Waals surface area contributed by atoms with Gasteiger partial charge in [-0.2, -0.15) is 0 Å². The van der Waals surface area contributed by atoms with Crippen LogP contribution in [0.4, 0.5) is 4.79 Å². The van der Waals surface area contributed by atoms with Crippen LogP contribution in [0.15, 0.2) is 53.3 Å². The van der Waals surface area contributed by atoms with Crippen molar-refractivity contribution in [3.63, 3.8) is 0 Å². The normalized spacial score (nSPS) is 10.0. The molecule has 1 heterocycles. The SMILES string of the molecule is O=C(NCCOc1ccccc1)NCCc1ccoc1. The summed E-state index contributed by atoms with van der Waals surface area (Å²) in [6.45, 7) is 1.48. The Kier molecular flexibility index (Phi) is 5.52. The summed E-state index contributed by atoms with van der Waals surface area (Å²) in [5.41, 5.74) is 1.07. The molecule has 2 N–H and O–H groups in total. The van der Waals surface area contributed by atoms with Gasteiger partial charge in [-0.25, -0.2) is 4.79 Å². The molecule has 20 heavy (non-hydrogen) atoms. The molecule has 0 fully saturated rings. The minimum Gasteiger partial charge on any atom is -0.492 e. The molecular weight excluding hydrogens is 256 g/mol. The average molecular weight is 274 g/mol. The number of benzene rings is 1. The highest BCUT2D eigenvalue weighted by molar-refractivity contribution is 5.73. The van der Waals surface area contributed by atoms with E-state index in [0.29, 0.717) is 19.7 Å². The molecular formula is C15H18N2O3. The molecule has 0 aliphatic carbocycles. The predicted molar refractivity (Wildman–Crippen MR) is 75.8 cm³/mol. The third kappa shape index (κ3) is 5.06. The number of hydrogen-bond acceptors (Lipinski definition) is 3. The summed E-state index contributed by atoms with van der Waals surface area (Å²) in [5, 5.41) is 5.51. The molecule has 0 aliphatic heterocycles. The molecule has 2 rings (SSSR count). The van der Waals surface area contributed by atoms with Crippen LogP contribution in [0.5, 0.6) is 5.75 Å². The Hall–Kier alpha value is -2.43. The smallest absolute Gasteiger partial charge is 0.314 e. The van der Waals surface area contributed by atoms with Crippen molar-refractivity contribution in [1.82, 2.24) is 10.6 Å². The molecule has 1 aromatic heterocycles. The van der Waals surface area contributed by atoms with Crippen LogP contribution in [0.25, 0.3) is 0 Å². The molecule has 0 atom stereocenters. The molecule has 5 nitrogen and oxygen atoms in total. The Morgan fingerprint density at radius 3 is 2.65 bits per heavy atom. The quantitative estimate of drug-likeness (QED) is 0.761. The lowest BCUT2D eigenvalue weighted by Gasteiger charge is -2.08. The maximum Gasteiger partial charge on any atom is 0.314 e. The highest BCUT2D eigenvalue weighted by Gasteiger charge is 2.00. The number of amides is 2. The number of para-hydroxylation sites is 1. The van der Waals surface area contributed by atoms with E-state index in [1.807, 2.05) is 36.4 Å². The number of carbonyl (C=O) groups excluding carboxylic acids is 1. The molecule has 5 heteroatoms. The van der Waals surface area contributed by atoms with Gasteiger partial charge < -0.3 is 19.8 Å². The van der Waals surface area contributed by atoms with Crippen LogP contribution in [0.2, 0.25) is 0 Å². The van der Waals surface area contributed by atoms with Gasteiger partial charge in [-0.1, -0.05) is 18.2 Å². The van der Waals surface area contributed by atoms with Crippen LogP contribution >= 0.6 is 0 Å². The Balaban J connectivity index is 1.52. The topological polar surface area (TPSA) is 63.5 Å². The maximum absolute atomic E-state index is 11.5. The monoisotopic (exact) mass is 274 g/mol. The van der Waals surface area contributed by atoms with Crippen LogP contribution in [0.1, 0.15) is 5.56 Å². The summed E-state index contributed by atoms with van der Waals surface area (Å²) in [5.74, 6) is 0.801. The molecule has 1 aromatic carbocycles. The summed E-state index contributed by atoms with van der Waals surface area (Å²) in [6.07, 6.45) is 4.05. The predicted octanol–water partition coefficient (Wildman–Crippen LogP) is 2.20. The van der Waals surface area contributed by atoms with Crippen molar-refractivity contribution in [2.45, 2.75) is 6.42 Å². The van der Waals surface area contributed by atoms with Crippen molar-refractivity contribution in [1.29, 1.82) is 0 Å². The fourth-order valence-corrected chi connectivity index (χ4v) is 1.67. The summed E-state index contributed by atoms with van der Waals surface area (Å²) in [6, 6.07) is 11.2. The van der Waals surface area contributed by atoms with Crippen LogP contribution < -0.4 is 15.4 Å². The first-order valence-corrected chi connectivity index (χ1v) is 6.55. The second-order valence-corrected chi connectivity index (χ2v) is 4.23. The van der Waals surface area contributed by atoms with Gasteiger partial charge in [0.25, 0.3) is 0 Å². The number of furan rings is 1. The Bertz CT molecular complexity index is 497. The lowest BCUT2D eigenvalue weighted by Crippen LogP contribution is -2.38. The zero-order valence-corrected chi connectivity index (χ0v) is 11.2. The van der Waals surface area contributed by atoms with Crippen molar-refractivity contribution in [3.8, 4) is 5.75 Å². The fourth-order valence-electron chi connectivity index (χ4n) is 1.67. The van der Waals surface area contributed by atoms with Crippen molar-refractivity contribution >= 4 is 6.03 Å². The van der Waals surface area contributed by atoms with E-state index in [0.717, 1.165) is 17.7 Å². The third-order valence-corrected chi connectivity index (χ3v) is 2.68. The van der Waals surface area contributed by atoms with Gasteiger partial charge in [0.2, 0.25) is 0 Å². The summed E-state index contributed by atoms with van der Waals surface area (Å²) in [7, 11) is 0. The van der Waals surface area contributed by atoms with Crippen molar-refractivity contribution in [3.05, 3.63) is 54.5 Å². The highest BCUT2D eigenvalue weighted by Crippen LogP contribution is 2.07. The van der Waals surface area contributed by atoms with Gasteiger partial charge >= 0.3 is 6.03 Å². The van der Waals surface area contributed by atoms with Crippen LogP contribution in [0.3, 0.4) is 0 Å². The van der Waals surface area contributed by atoms with E-state index in [1.54, 1.807) is 12.5 Å². The molecule has 2 amide bonds. The van der Waals surface area contributed by atoms with E-state index in [-0.39, 0.29) is 6.03 Å². The molecule has 106 valence electrons. The van der Waals surface area contributed by atoms with Gasteiger partial charge in [0, 0.05) is 6.54 Å². The lowest BCUT2D eigenvalue weighted by atomic mass is 10.2. The van der Waals surface area contributed by atoms with E-state index in [9.17, 15) is 4.79 Å². The molecule has 2 aromatic rings. The van der Waals surface area contributed by atoms with Gasteiger partial charge in [0.15, 0.2) is 0 Å². The Labute approximate surface area is 117 Å². The molecule has 0 aliphatic rings. The standard InChI is InChI=1S/C15H18N2O3/c18-15(16-8-6-13-7-10-19-12-13)17-9-11-20-14-4-2-1-3-5-14/h1-5,7,10,12H,6,8-9,11H2,(H2,16,17,18). The second-order valence-electron chi connectivity index (χ2n) is 4.23. The maximum atomic E-state index is 11.5. The van der Waals surface area contributed by atoms with Crippen molar-refractivity contribution in [2.75, 3.05) is 19.7 Å². The molecule has 0 bridgehead atoms. The van der Waals surface area contributed by atoms with Gasteiger partial charge in [-0.15, -0.1) is 0 Å². The number of nitrogens with one attached hydrogen (secondary N) is 2. The minimum absolute atomic E-state index is 0.190. The zero-order chi connectivity index (χ0) is 14.0. The van der Waals surface area contributed by atoms with Crippen molar-refractivity contribution < 1.29 is 13.9 Å². The van der Waals surface area contributed by atoms with Crippen LogP contribution in [-0.2, 0) is 6.42 Å². The van der Waals surface area contributed by atoms with E-state index < -0.39 is 0 Å². The van der Waals surface area contributed by atoms with E-state index in [1.165, 1.54) is 0 Å². The number of hydrogen-bond donors (Lipinski definition) is 2. The molecule has 0 spiro atoms. The van der Waals surface area contributed by atoms with Gasteiger partial charge in [0.1, 0.15) is 12.4 Å². The van der Waals surface area contributed by atoms with Gasteiger partial charge in [-0.05, 0) is 30.2 Å². The minimum atomic E-state index is -0.190. The third-order valence-electron chi connectivity index (χ3n) is 2.68. The lowest BCUT2D eigenvalue weighted by molar-refractivity contribution is 0.236. The van der Waals surface area contributed by atoms with E-state index in [4.69, 9.17) is 9.15 Å². The van der Waals surface area contributed by atoms with E-state index >= 15 is 0 Å². The second kappa shape index (κ2) is 7.89. The zero-order valence-electron chi connectivity index (χ0n) is 11.2. The fraction of sp³-hybridized carbons (Fsp3) is 0.267.